The maximum atomic E-state index is 11.9. The van der Waals surface area contributed by atoms with Crippen LogP contribution in [0.15, 0.2) is 59.8 Å². The van der Waals surface area contributed by atoms with Crippen LogP contribution >= 0.6 is 11.8 Å². The molecule has 2 aromatic rings. The number of hydrogen-bond acceptors (Lipinski definition) is 4. The molecule has 108 valence electrons. The minimum Gasteiger partial charge on any atom is -0.272 e. The van der Waals surface area contributed by atoms with Gasteiger partial charge < -0.3 is 0 Å². The van der Waals surface area contributed by atoms with E-state index in [0.717, 1.165) is 4.90 Å². The van der Waals surface area contributed by atoms with Gasteiger partial charge in [-0.25, -0.2) is 0 Å². The van der Waals surface area contributed by atoms with Gasteiger partial charge in [-0.15, -0.1) is 11.8 Å². The Hall–Kier alpha value is -2.34. The number of hydrogen-bond donors (Lipinski definition) is 2. The highest BCUT2D eigenvalue weighted by Gasteiger charge is 2.15. The fourth-order valence-corrected chi connectivity index (χ4v) is 2.44. The first-order chi connectivity index (χ1) is 10.2. The molecule has 2 N–H and O–H groups in total. The highest BCUT2D eigenvalue weighted by molar-refractivity contribution is 8.00. The summed E-state index contributed by atoms with van der Waals surface area (Å²) in [5.74, 6) is -0.631. The van der Waals surface area contributed by atoms with Crippen molar-refractivity contribution in [2.45, 2.75) is 17.1 Å². The number of nitrogens with zero attached hydrogens (tertiary/aromatic N) is 1. The third-order valence-corrected chi connectivity index (χ3v) is 3.78. The average molecular weight is 301 g/mol. The Labute approximate surface area is 127 Å². The molecule has 1 aromatic heterocycles. The normalized spacial score (nSPS) is 11.5. The second-order valence-corrected chi connectivity index (χ2v) is 5.67. The second kappa shape index (κ2) is 7.44. The lowest BCUT2D eigenvalue weighted by Gasteiger charge is -2.12. The highest BCUT2D eigenvalue weighted by Crippen LogP contribution is 2.22. The van der Waals surface area contributed by atoms with Crippen LogP contribution in [0.25, 0.3) is 0 Å². The van der Waals surface area contributed by atoms with E-state index in [2.05, 4.69) is 15.8 Å². The molecule has 0 aliphatic carbocycles. The molecule has 6 heteroatoms. The zero-order chi connectivity index (χ0) is 15.1. The van der Waals surface area contributed by atoms with Gasteiger partial charge in [-0.2, -0.15) is 0 Å². The van der Waals surface area contributed by atoms with Crippen LogP contribution in [0.1, 0.15) is 17.3 Å². The Morgan fingerprint density at radius 3 is 2.38 bits per heavy atom. The molecule has 0 spiro atoms. The smallest absolute Gasteiger partial charge is 0.269 e. The van der Waals surface area contributed by atoms with E-state index >= 15 is 0 Å². The monoisotopic (exact) mass is 301 g/mol. The van der Waals surface area contributed by atoms with E-state index < -0.39 is 0 Å². The van der Waals surface area contributed by atoms with Crippen molar-refractivity contribution in [2.75, 3.05) is 0 Å². The van der Waals surface area contributed by atoms with Crippen molar-refractivity contribution < 1.29 is 9.59 Å². The van der Waals surface area contributed by atoms with Crippen molar-refractivity contribution in [1.82, 2.24) is 15.8 Å². The standard InChI is InChI=1S/C15H15N3O2S/c1-11(21-13-5-3-2-4-6-13)14(19)17-18-15(20)12-7-9-16-10-8-12/h2-11H,1H3,(H,17,19)(H,18,20)/t11-/m1/s1. The van der Waals surface area contributed by atoms with Crippen molar-refractivity contribution in [1.29, 1.82) is 0 Å². The van der Waals surface area contributed by atoms with Crippen molar-refractivity contribution in [3.05, 3.63) is 60.4 Å². The summed E-state index contributed by atoms with van der Waals surface area (Å²) in [6.07, 6.45) is 3.04. The Morgan fingerprint density at radius 2 is 1.71 bits per heavy atom. The molecule has 0 saturated heterocycles. The van der Waals surface area contributed by atoms with Gasteiger partial charge in [0, 0.05) is 22.9 Å². The summed E-state index contributed by atoms with van der Waals surface area (Å²) >= 11 is 1.43. The average Bonchev–Trinajstić information content (AvgIpc) is 2.54. The molecule has 0 aliphatic rings. The number of carbonyl (C=O) groups is 2. The van der Waals surface area contributed by atoms with Gasteiger partial charge in [-0.05, 0) is 31.2 Å². The van der Waals surface area contributed by atoms with Gasteiger partial charge in [0.15, 0.2) is 0 Å². The molecule has 0 aliphatic heterocycles. The van der Waals surface area contributed by atoms with Crippen LogP contribution in [-0.2, 0) is 4.79 Å². The zero-order valence-corrected chi connectivity index (χ0v) is 12.3. The number of thioether (sulfide) groups is 1. The number of pyridine rings is 1. The molecule has 0 saturated carbocycles. The van der Waals surface area contributed by atoms with Crippen molar-refractivity contribution in [2.24, 2.45) is 0 Å². The van der Waals surface area contributed by atoms with Crippen LogP contribution in [-0.4, -0.2) is 22.0 Å². The number of benzene rings is 1. The lowest BCUT2D eigenvalue weighted by molar-refractivity contribution is -0.121. The predicted octanol–water partition coefficient (Wildman–Crippen LogP) is 2.02. The van der Waals surface area contributed by atoms with Gasteiger partial charge in [0.1, 0.15) is 0 Å². The SMILES string of the molecule is C[C@@H](Sc1ccccc1)C(=O)NNC(=O)c1ccncc1. The molecule has 1 heterocycles. The van der Waals surface area contributed by atoms with E-state index in [9.17, 15) is 9.59 Å². The lowest BCUT2D eigenvalue weighted by atomic mass is 10.3. The highest BCUT2D eigenvalue weighted by atomic mass is 32.2. The van der Waals surface area contributed by atoms with Crippen molar-refractivity contribution in [3.8, 4) is 0 Å². The second-order valence-electron chi connectivity index (χ2n) is 4.25. The van der Waals surface area contributed by atoms with Gasteiger partial charge >= 0.3 is 0 Å². The molecule has 2 rings (SSSR count). The number of nitrogens with one attached hydrogen (secondary N) is 2. The van der Waals surface area contributed by atoms with E-state index in [1.807, 2.05) is 30.3 Å². The number of rotatable bonds is 4. The van der Waals surface area contributed by atoms with Crippen LogP contribution in [0, 0.1) is 0 Å². The van der Waals surface area contributed by atoms with Crippen molar-refractivity contribution in [3.63, 3.8) is 0 Å². The van der Waals surface area contributed by atoms with E-state index in [1.165, 1.54) is 24.2 Å². The van der Waals surface area contributed by atoms with Gasteiger partial charge in [0.05, 0.1) is 5.25 Å². The molecular formula is C15H15N3O2S. The van der Waals surface area contributed by atoms with Crippen molar-refractivity contribution >= 4 is 23.6 Å². The van der Waals surface area contributed by atoms with Crippen LogP contribution in [0.5, 0.6) is 0 Å². The van der Waals surface area contributed by atoms with Crippen LogP contribution in [0.2, 0.25) is 0 Å². The third kappa shape index (κ3) is 4.61. The number of amides is 2. The first-order valence-electron chi connectivity index (χ1n) is 6.39. The maximum Gasteiger partial charge on any atom is 0.269 e. The molecule has 1 atom stereocenters. The summed E-state index contributed by atoms with van der Waals surface area (Å²) in [5.41, 5.74) is 5.25. The van der Waals surface area contributed by atoms with E-state index in [-0.39, 0.29) is 17.1 Å². The molecule has 2 amide bonds. The van der Waals surface area contributed by atoms with Crippen LogP contribution < -0.4 is 10.9 Å². The summed E-state index contributed by atoms with van der Waals surface area (Å²) in [6, 6.07) is 12.8. The minimum atomic E-state index is -0.373. The number of aromatic nitrogens is 1. The summed E-state index contributed by atoms with van der Waals surface area (Å²) in [5, 5.41) is -0.315. The summed E-state index contributed by atoms with van der Waals surface area (Å²) in [6.45, 7) is 1.78. The summed E-state index contributed by atoms with van der Waals surface area (Å²) in [4.78, 5) is 28.5. The summed E-state index contributed by atoms with van der Waals surface area (Å²) in [7, 11) is 0. The lowest BCUT2D eigenvalue weighted by Crippen LogP contribution is -2.44. The predicted molar refractivity (Wildman–Crippen MR) is 81.6 cm³/mol. The third-order valence-electron chi connectivity index (χ3n) is 2.67. The quantitative estimate of drug-likeness (QED) is 0.669. The van der Waals surface area contributed by atoms with E-state index in [4.69, 9.17) is 0 Å². The van der Waals surface area contributed by atoms with Crippen LogP contribution in [0.3, 0.4) is 0 Å². The molecule has 5 nitrogen and oxygen atoms in total. The van der Waals surface area contributed by atoms with E-state index in [1.54, 1.807) is 19.1 Å². The van der Waals surface area contributed by atoms with Gasteiger partial charge in [-0.3, -0.25) is 25.4 Å². The fraction of sp³-hybridized carbons (Fsp3) is 0.133. The van der Waals surface area contributed by atoms with Crippen LogP contribution in [0.4, 0.5) is 0 Å². The van der Waals surface area contributed by atoms with Gasteiger partial charge in [0.25, 0.3) is 11.8 Å². The topological polar surface area (TPSA) is 71.1 Å². The van der Waals surface area contributed by atoms with Gasteiger partial charge in [-0.1, -0.05) is 18.2 Å². The Bertz CT molecular complexity index is 605. The Morgan fingerprint density at radius 1 is 1.05 bits per heavy atom. The first-order valence-corrected chi connectivity index (χ1v) is 7.26. The number of hydrazine groups is 1. The molecule has 0 bridgehead atoms. The molecule has 0 radical (unpaired) electrons. The fourth-order valence-electron chi connectivity index (χ4n) is 1.55. The largest absolute Gasteiger partial charge is 0.272 e. The molecule has 0 fully saturated rings. The molecule has 21 heavy (non-hydrogen) atoms. The van der Waals surface area contributed by atoms with E-state index in [0.29, 0.717) is 5.56 Å². The Kier molecular flexibility index (Phi) is 5.34. The zero-order valence-electron chi connectivity index (χ0n) is 11.4. The summed E-state index contributed by atoms with van der Waals surface area (Å²) < 4.78 is 0. The first kappa shape index (κ1) is 15.1. The number of carbonyl (C=O) groups excluding carboxylic acids is 2. The maximum absolute atomic E-state index is 11.9. The molecule has 1 aromatic carbocycles. The van der Waals surface area contributed by atoms with Gasteiger partial charge in [0.2, 0.25) is 0 Å². The Balaban J connectivity index is 1.83. The minimum absolute atomic E-state index is 0.258. The molecular weight excluding hydrogens is 286 g/mol. The molecule has 0 unspecified atom stereocenters.